The predicted octanol–water partition coefficient (Wildman–Crippen LogP) is 4.06. The van der Waals surface area contributed by atoms with Crippen LogP contribution in [0.15, 0.2) is 0 Å². The zero-order valence-corrected chi connectivity index (χ0v) is 21.8. The summed E-state index contributed by atoms with van der Waals surface area (Å²) in [6.45, 7) is 12.6. The third-order valence-electron chi connectivity index (χ3n) is 5.68. The molecule has 188 valence electrons. The van der Waals surface area contributed by atoms with E-state index in [1.165, 1.54) is 83.8 Å². The highest BCUT2D eigenvalue weighted by molar-refractivity contribution is 7.85. The molecule has 0 spiro atoms. The van der Waals surface area contributed by atoms with E-state index < -0.39 is 15.9 Å². The summed E-state index contributed by atoms with van der Waals surface area (Å²) in [5, 5.41) is 2.46. The minimum absolute atomic E-state index is 0.0802. The van der Waals surface area contributed by atoms with Gasteiger partial charge >= 0.3 is 0 Å². The van der Waals surface area contributed by atoms with E-state index in [0.29, 0.717) is 6.42 Å². The third kappa shape index (κ3) is 29.3. The molecule has 7 heteroatoms. The van der Waals surface area contributed by atoms with Crippen molar-refractivity contribution in [3.63, 3.8) is 0 Å². The van der Waals surface area contributed by atoms with Gasteiger partial charge in [0.25, 0.3) is 0 Å². The molecule has 0 aromatic rings. The number of rotatable bonds is 20. The Labute approximate surface area is 193 Å². The summed E-state index contributed by atoms with van der Waals surface area (Å²) in [6.07, 6.45) is 16.8. The fraction of sp³-hybridized carbons (Fsp3) is 0.958. The van der Waals surface area contributed by atoms with Gasteiger partial charge in [-0.1, -0.05) is 84.0 Å². The van der Waals surface area contributed by atoms with Crippen LogP contribution in [0.1, 0.15) is 118 Å². The van der Waals surface area contributed by atoms with Crippen molar-refractivity contribution in [2.24, 2.45) is 0 Å². The SMILES string of the molecule is CCCCCCCCCCCCCCCC(=O)NCCS(=O)(=O)[O-].CC[NH+](CC)CC. The van der Waals surface area contributed by atoms with Crippen LogP contribution in [-0.2, 0) is 14.9 Å². The second-order valence-corrected chi connectivity index (χ2v) is 9.94. The molecule has 1 amide bonds. The maximum absolute atomic E-state index is 11.4. The number of quaternary nitrogens is 1. The Kier molecular flexibility index (Phi) is 25.2. The monoisotopic (exact) mass is 464 g/mol. The van der Waals surface area contributed by atoms with Crippen LogP contribution in [0.2, 0.25) is 0 Å². The molecule has 0 aromatic heterocycles. The van der Waals surface area contributed by atoms with Gasteiger partial charge < -0.3 is 14.8 Å². The summed E-state index contributed by atoms with van der Waals surface area (Å²) in [5.74, 6) is -0.695. The van der Waals surface area contributed by atoms with Gasteiger partial charge in [-0.05, 0) is 27.2 Å². The highest BCUT2D eigenvalue weighted by Gasteiger charge is 2.02. The topological polar surface area (TPSA) is 90.7 Å². The van der Waals surface area contributed by atoms with Gasteiger partial charge in [0.1, 0.15) is 0 Å². The molecule has 31 heavy (non-hydrogen) atoms. The van der Waals surface area contributed by atoms with E-state index in [0.717, 1.165) is 19.3 Å². The summed E-state index contributed by atoms with van der Waals surface area (Å²) < 4.78 is 31.2. The van der Waals surface area contributed by atoms with Crippen LogP contribution in [0, 0.1) is 0 Å². The second kappa shape index (κ2) is 24.0. The lowest BCUT2D eigenvalue weighted by atomic mass is 10.0. The quantitative estimate of drug-likeness (QED) is 0.210. The highest BCUT2D eigenvalue weighted by Crippen LogP contribution is 2.12. The molecule has 0 bridgehead atoms. The van der Waals surface area contributed by atoms with E-state index >= 15 is 0 Å². The first-order valence-electron chi connectivity index (χ1n) is 12.8. The van der Waals surface area contributed by atoms with E-state index in [2.05, 4.69) is 33.0 Å². The van der Waals surface area contributed by atoms with Crippen LogP contribution in [0.3, 0.4) is 0 Å². The van der Waals surface area contributed by atoms with Crippen LogP contribution in [0.25, 0.3) is 0 Å². The van der Waals surface area contributed by atoms with Gasteiger partial charge in [0.2, 0.25) is 5.91 Å². The number of hydrogen-bond donors (Lipinski definition) is 2. The normalized spacial score (nSPS) is 11.3. The minimum Gasteiger partial charge on any atom is -0.748 e. The molecule has 0 heterocycles. The summed E-state index contributed by atoms with van der Waals surface area (Å²) in [7, 11) is -4.23. The standard InChI is InChI=1S/C18H37NO4S.C6H15N/c1-2-3-4-5-6-7-8-9-10-11-12-13-14-15-18(20)19-16-17-24(21,22)23;1-4-7(5-2)6-3/h2-17H2,1H3,(H,19,20)(H,21,22,23);4-6H2,1-3H3. The number of carbonyl (C=O) groups is 1. The van der Waals surface area contributed by atoms with Gasteiger partial charge in [-0.2, -0.15) is 0 Å². The first-order valence-corrected chi connectivity index (χ1v) is 14.4. The van der Waals surface area contributed by atoms with E-state index in [-0.39, 0.29) is 12.5 Å². The van der Waals surface area contributed by atoms with Crippen molar-refractivity contribution in [1.82, 2.24) is 5.32 Å². The molecular weight excluding hydrogens is 412 g/mol. The van der Waals surface area contributed by atoms with Crippen molar-refractivity contribution in [2.45, 2.75) is 118 Å². The van der Waals surface area contributed by atoms with Gasteiger partial charge in [-0.15, -0.1) is 0 Å². The van der Waals surface area contributed by atoms with Crippen molar-refractivity contribution in [2.75, 3.05) is 31.9 Å². The zero-order chi connectivity index (χ0) is 23.8. The molecule has 0 aromatic carbocycles. The van der Waals surface area contributed by atoms with Crippen molar-refractivity contribution in [3.05, 3.63) is 0 Å². The first kappa shape index (κ1) is 32.5. The fourth-order valence-electron chi connectivity index (χ4n) is 3.46. The van der Waals surface area contributed by atoms with E-state index in [9.17, 15) is 17.8 Å². The Bertz CT molecular complexity index is 474. The largest absolute Gasteiger partial charge is 0.748 e. The smallest absolute Gasteiger partial charge is 0.220 e. The van der Waals surface area contributed by atoms with Crippen molar-refractivity contribution in [3.8, 4) is 0 Å². The number of nitrogens with one attached hydrogen (secondary N) is 2. The maximum Gasteiger partial charge on any atom is 0.220 e. The van der Waals surface area contributed by atoms with Crippen molar-refractivity contribution < 1.29 is 22.7 Å². The minimum atomic E-state index is -4.23. The molecule has 0 aliphatic carbocycles. The molecule has 0 fully saturated rings. The van der Waals surface area contributed by atoms with E-state index in [1.54, 1.807) is 4.90 Å². The van der Waals surface area contributed by atoms with Crippen LogP contribution in [0.4, 0.5) is 0 Å². The Hall–Kier alpha value is -0.660. The molecule has 0 atom stereocenters. The van der Waals surface area contributed by atoms with Gasteiger partial charge in [0.15, 0.2) is 0 Å². The number of amides is 1. The van der Waals surface area contributed by atoms with Gasteiger partial charge in [0.05, 0.1) is 35.5 Å². The molecule has 6 nitrogen and oxygen atoms in total. The van der Waals surface area contributed by atoms with Crippen molar-refractivity contribution >= 4 is 16.0 Å². The van der Waals surface area contributed by atoms with Crippen molar-refractivity contribution in [1.29, 1.82) is 0 Å². The van der Waals surface area contributed by atoms with Crippen LogP contribution in [-0.4, -0.2) is 50.8 Å². The zero-order valence-electron chi connectivity index (χ0n) is 21.0. The predicted molar refractivity (Wildman–Crippen MR) is 130 cm³/mol. The molecule has 0 saturated heterocycles. The summed E-state index contributed by atoms with van der Waals surface area (Å²) in [5.41, 5.74) is 0. The number of unbranched alkanes of at least 4 members (excludes halogenated alkanes) is 12. The summed E-state index contributed by atoms with van der Waals surface area (Å²) in [4.78, 5) is 13.1. The second-order valence-electron chi connectivity index (χ2n) is 8.42. The molecule has 0 aliphatic rings. The fourth-order valence-corrected chi connectivity index (χ4v) is 3.81. The molecular formula is C24H52N2O4S. The van der Waals surface area contributed by atoms with Gasteiger partial charge in [0, 0.05) is 13.0 Å². The number of carbonyl (C=O) groups excluding carboxylic acids is 1. The Morgan fingerprint density at radius 2 is 1.10 bits per heavy atom. The molecule has 0 unspecified atom stereocenters. The van der Waals surface area contributed by atoms with E-state index in [4.69, 9.17) is 0 Å². The molecule has 0 saturated carbocycles. The molecule has 0 rings (SSSR count). The molecule has 0 aliphatic heterocycles. The average molecular weight is 465 g/mol. The van der Waals surface area contributed by atoms with Gasteiger partial charge in [-0.25, -0.2) is 8.42 Å². The lowest BCUT2D eigenvalue weighted by Gasteiger charge is -2.10. The lowest BCUT2D eigenvalue weighted by Crippen LogP contribution is -3.11. The maximum atomic E-state index is 11.4. The third-order valence-corrected chi connectivity index (χ3v) is 6.39. The molecule has 2 N–H and O–H groups in total. The highest BCUT2D eigenvalue weighted by atomic mass is 32.2. The van der Waals surface area contributed by atoms with Crippen LogP contribution >= 0.6 is 0 Å². The molecule has 0 radical (unpaired) electrons. The van der Waals surface area contributed by atoms with Gasteiger partial charge in [-0.3, -0.25) is 4.79 Å². The Morgan fingerprint density at radius 3 is 1.42 bits per heavy atom. The van der Waals surface area contributed by atoms with Crippen LogP contribution in [0.5, 0.6) is 0 Å². The first-order chi connectivity index (χ1) is 14.8. The summed E-state index contributed by atoms with van der Waals surface area (Å²) in [6, 6.07) is 0. The summed E-state index contributed by atoms with van der Waals surface area (Å²) >= 11 is 0. The Balaban J connectivity index is 0. The lowest BCUT2D eigenvalue weighted by molar-refractivity contribution is -0.894. The van der Waals surface area contributed by atoms with Crippen LogP contribution < -0.4 is 10.2 Å². The average Bonchev–Trinajstić information content (AvgIpc) is 2.72. The number of hydrogen-bond acceptors (Lipinski definition) is 4. The Morgan fingerprint density at radius 1 is 0.710 bits per heavy atom. The van der Waals surface area contributed by atoms with E-state index in [1.807, 2.05) is 0 Å².